The number of para-hydroxylation sites is 2. The molecule has 0 unspecified atom stereocenters. The fourth-order valence-electron chi connectivity index (χ4n) is 4.82. The van der Waals surface area contributed by atoms with Crippen LogP contribution in [0.1, 0.15) is 23.2 Å². The number of pyridine rings is 1. The number of benzene rings is 2. The van der Waals surface area contributed by atoms with E-state index >= 15 is 0 Å². The third-order valence-corrected chi connectivity index (χ3v) is 6.65. The van der Waals surface area contributed by atoms with Gasteiger partial charge in [0.15, 0.2) is 0 Å². The zero-order valence-corrected chi connectivity index (χ0v) is 19.4. The van der Waals surface area contributed by atoms with Crippen molar-refractivity contribution in [3.8, 4) is 17.0 Å². The molecule has 3 heterocycles. The maximum Gasteiger partial charge on any atom is 0.257 e. The van der Waals surface area contributed by atoms with Gasteiger partial charge in [0.05, 0.1) is 24.1 Å². The second-order valence-corrected chi connectivity index (χ2v) is 8.69. The van der Waals surface area contributed by atoms with Gasteiger partial charge in [0.1, 0.15) is 17.4 Å². The summed E-state index contributed by atoms with van der Waals surface area (Å²) in [5.74, 6) is 1.25. The van der Waals surface area contributed by atoms with Crippen LogP contribution in [0.15, 0.2) is 60.7 Å². The van der Waals surface area contributed by atoms with Gasteiger partial charge in [-0.2, -0.15) is 0 Å². The zero-order valence-electron chi connectivity index (χ0n) is 19.4. The van der Waals surface area contributed by atoms with E-state index in [1.54, 1.807) is 13.2 Å². The molecule has 0 atom stereocenters. The molecule has 0 N–H and O–H groups in total. The number of aromatic nitrogens is 1. The molecule has 0 aliphatic carbocycles. The van der Waals surface area contributed by atoms with Crippen molar-refractivity contribution in [2.45, 2.75) is 12.8 Å². The number of likely N-dealkylation sites (tertiary alicyclic amines) is 1. The Morgan fingerprint density at radius 3 is 2.26 bits per heavy atom. The lowest BCUT2D eigenvalue weighted by molar-refractivity contribution is 0.0793. The normalized spacial score (nSPS) is 16.1. The summed E-state index contributed by atoms with van der Waals surface area (Å²) in [6.07, 6.45) is 2.07. The first-order chi connectivity index (χ1) is 16.7. The molecule has 1 aromatic heterocycles. The Morgan fingerprint density at radius 1 is 0.853 bits per heavy atom. The molecule has 0 bridgehead atoms. The lowest BCUT2D eigenvalue weighted by atomic mass is 10.1. The lowest BCUT2D eigenvalue weighted by Gasteiger charge is -2.37. The molecule has 0 saturated carbocycles. The van der Waals surface area contributed by atoms with Crippen LogP contribution in [0.4, 0.5) is 15.9 Å². The van der Waals surface area contributed by atoms with E-state index in [1.807, 2.05) is 53.4 Å². The Bertz CT molecular complexity index is 1170. The fourth-order valence-corrected chi connectivity index (χ4v) is 4.82. The maximum absolute atomic E-state index is 14.3. The van der Waals surface area contributed by atoms with E-state index in [2.05, 4.69) is 9.80 Å². The third kappa shape index (κ3) is 4.30. The molecule has 6 nitrogen and oxygen atoms in total. The molecule has 7 heteroatoms. The van der Waals surface area contributed by atoms with Crippen molar-refractivity contribution < 1.29 is 13.9 Å². The monoisotopic (exact) mass is 460 g/mol. The maximum atomic E-state index is 14.3. The summed E-state index contributed by atoms with van der Waals surface area (Å²) >= 11 is 0. The van der Waals surface area contributed by atoms with Crippen LogP contribution in [0.3, 0.4) is 0 Å². The molecule has 2 aliphatic rings. The van der Waals surface area contributed by atoms with E-state index in [1.165, 1.54) is 6.07 Å². The summed E-state index contributed by atoms with van der Waals surface area (Å²) in [6, 6.07) is 18.4. The molecular weight excluding hydrogens is 431 g/mol. The number of nitrogens with zero attached hydrogens (tertiary/aromatic N) is 4. The van der Waals surface area contributed by atoms with Crippen LogP contribution in [0.25, 0.3) is 11.3 Å². The smallest absolute Gasteiger partial charge is 0.257 e. The Labute approximate surface area is 199 Å². The minimum Gasteiger partial charge on any atom is -0.496 e. The largest absolute Gasteiger partial charge is 0.496 e. The molecule has 0 spiro atoms. The fraction of sp³-hybridized carbons (Fsp3) is 0.333. The summed E-state index contributed by atoms with van der Waals surface area (Å²) in [5, 5.41) is 0. The van der Waals surface area contributed by atoms with Crippen molar-refractivity contribution in [1.82, 2.24) is 9.88 Å². The van der Waals surface area contributed by atoms with E-state index in [-0.39, 0.29) is 11.7 Å². The van der Waals surface area contributed by atoms with Crippen LogP contribution < -0.4 is 14.5 Å². The number of carbonyl (C=O) groups is 1. The quantitative estimate of drug-likeness (QED) is 0.563. The average molecular weight is 461 g/mol. The molecule has 1 amide bonds. The van der Waals surface area contributed by atoms with Gasteiger partial charge in [0.25, 0.3) is 5.91 Å². The van der Waals surface area contributed by atoms with Gasteiger partial charge < -0.3 is 19.4 Å². The summed E-state index contributed by atoms with van der Waals surface area (Å²) in [7, 11) is 1.65. The topological polar surface area (TPSA) is 48.9 Å². The highest BCUT2D eigenvalue weighted by Crippen LogP contribution is 2.32. The van der Waals surface area contributed by atoms with Gasteiger partial charge in [-0.05, 0) is 49.2 Å². The molecule has 34 heavy (non-hydrogen) atoms. The number of anilines is 2. The number of carbonyl (C=O) groups excluding carboxylic acids is 1. The first-order valence-electron chi connectivity index (χ1n) is 11.8. The average Bonchev–Trinajstić information content (AvgIpc) is 3.43. The minimum absolute atomic E-state index is 0.0307. The predicted octanol–water partition coefficient (Wildman–Crippen LogP) is 4.46. The summed E-state index contributed by atoms with van der Waals surface area (Å²) in [5.41, 5.74) is 2.89. The highest BCUT2D eigenvalue weighted by molar-refractivity contribution is 5.99. The van der Waals surface area contributed by atoms with Gasteiger partial charge in [-0.1, -0.05) is 24.3 Å². The molecule has 2 fully saturated rings. The molecular formula is C27H29FN4O2. The molecule has 2 saturated heterocycles. The first kappa shape index (κ1) is 22.2. The molecule has 3 aromatic rings. The Hall–Kier alpha value is -3.61. The molecule has 0 radical (unpaired) electrons. The van der Waals surface area contributed by atoms with Crippen molar-refractivity contribution in [3.63, 3.8) is 0 Å². The summed E-state index contributed by atoms with van der Waals surface area (Å²) in [4.78, 5) is 24.5. The Balaban J connectivity index is 1.47. The second kappa shape index (κ2) is 9.71. The Morgan fingerprint density at radius 2 is 1.53 bits per heavy atom. The van der Waals surface area contributed by atoms with Gasteiger partial charge >= 0.3 is 0 Å². The van der Waals surface area contributed by atoms with Gasteiger partial charge in [-0.25, -0.2) is 9.37 Å². The van der Waals surface area contributed by atoms with Crippen molar-refractivity contribution in [3.05, 3.63) is 72.0 Å². The number of hydrogen-bond donors (Lipinski definition) is 0. The molecule has 2 aliphatic heterocycles. The minimum atomic E-state index is -0.211. The SMILES string of the molecule is COc1ccccc1-c1ccc(C(=O)N2CCCC2)c(N2CCN(c3ccccc3F)CC2)n1. The number of methoxy groups -OCH3 is 1. The van der Waals surface area contributed by atoms with E-state index in [9.17, 15) is 9.18 Å². The van der Waals surface area contributed by atoms with Crippen molar-refractivity contribution in [2.24, 2.45) is 0 Å². The van der Waals surface area contributed by atoms with Crippen LogP contribution in [0.2, 0.25) is 0 Å². The first-order valence-corrected chi connectivity index (χ1v) is 11.8. The number of rotatable bonds is 5. The van der Waals surface area contributed by atoms with Crippen LogP contribution in [-0.2, 0) is 0 Å². The number of hydrogen-bond acceptors (Lipinski definition) is 5. The summed E-state index contributed by atoms with van der Waals surface area (Å²) in [6.45, 7) is 4.17. The third-order valence-electron chi connectivity index (χ3n) is 6.65. The van der Waals surface area contributed by atoms with E-state index in [0.29, 0.717) is 43.2 Å². The van der Waals surface area contributed by atoms with E-state index < -0.39 is 0 Å². The summed E-state index contributed by atoms with van der Waals surface area (Å²) < 4.78 is 19.9. The van der Waals surface area contributed by atoms with Crippen LogP contribution >= 0.6 is 0 Å². The molecule has 176 valence electrons. The van der Waals surface area contributed by atoms with Crippen molar-refractivity contribution >= 4 is 17.4 Å². The van der Waals surface area contributed by atoms with Crippen molar-refractivity contribution in [2.75, 3.05) is 56.2 Å². The van der Waals surface area contributed by atoms with Gasteiger partial charge in [-0.3, -0.25) is 4.79 Å². The van der Waals surface area contributed by atoms with Crippen LogP contribution in [0.5, 0.6) is 5.75 Å². The second-order valence-electron chi connectivity index (χ2n) is 8.69. The van der Waals surface area contributed by atoms with Crippen molar-refractivity contribution in [1.29, 1.82) is 0 Å². The highest BCUT2D eigenvalue weighted by atomic mass is 19.1. The number of amides is 1. The van der Waals surface area contributed by atoms with Crippen LogP contribution in [-0.4, -0.2) is 62.2 Å². The zero-order chi connectivity index (χ0) is 23.5. The van der Waals surface area contributed by atoms with Gasteiger partial charge in [0.2, 0.25) is 0 Å². The number of halogens is 1. The highest BCUT2D eigenvalue weighted by Gasteiger charge is 2.28. The lowest BCUT2D eigenvalue weighted by Crippen LogP contribution is -2.47. The van der Waals surface area contributed by atoms with Gasteiger partial charge in [0, 0.05) is 44.8 Å². The molecule has 2 aromatic carbocycles. The van der Waals surface area contributed by atoms with Gasteiger partial charge in [-0.15, -0.1) is 0 Å². The number of piperazine rings is 1. The predicted molar refractivity (Wildman–Crippen MR) is 132 cm³/mol. The molecule has 5 rings (SSSR count). The standard InChI is InChI=1S/C27H29FN4O2/c1-34-25-11-5-2-8-20(25)23-13-12-21(27(33)32-14-6-7-15-32)26(29-23)31-18-16-30(17-19-31)24-10-4-3-9-22(24)28/h2-5,8-13H,6-7,14-19H2,1H3. The number of ether oxygens (including phenoxy) is 1. The Kier molecular flexibility index (Phi) is 6.34. The van der Waals surface area contributed by atoms with E-state index in [4.69, 9.17) is 9.72 Å². The van der Waals surface area contributed by atoms with E-state index in [0.717, 1.165) is 42.9 Å². The van der Waals surface area contributed by atoms with Crippen LogP contribution in [0, 0.1) is 5.82 Å².